The maximum atomic E-state index is 5.25. The van der Waals surface area contributed by atoms with Gasteiger partial charge >= 0.3 is 0 Å². The van der Waals surface area contributed by atoms with E-state index in [1.54, 1.807) is 11.3 Å². The Morgan fingerprint density at radius 3 is 1.44 bits per heavy atom. The van der Waals surface area contributed by atoms with E-state index in [4.69, 9.17) is 29.9 Å². The van der Waals surface area contributed by atoms with E-state index in [0.29, 0.717) is 23.3 Å². The molecule has 0 saturated heterocycles. The number of thiophene rings is 1. The van der Waals surface area contributed by atoms with Crippen molar-refractivity contribution in [2.45, 2.75) is 0 Å². The Bertz CT molecular complexity index is 3240. The Hall–Kier alpha value is -7.74. The van der Waals surface area contributed by atoms with E-state index in [-0.39, 0.29) is 0 Å². The van der Waals surface area contributed by atoms with Gasteiger partial charge in [-0.25, -0.2) is 29.9 Å². The molecule has 59 heavy (non-hydrogen) atoms. The molecule has 0 atom stereocenters. The Morgan fingerprint density at radius 2 is 0.780 bits per heavy atom. The van der Waals surface area contributed by atoms with Crippen molar-refractivity contribution in [2.24, 2.45) is 0 Å². The van der Waals surface area contributed by atoms with Crippen LogP contribution in [0.2, 0.25) is 0 Å². The van der Waals surface area contributed by atoms with E-state index < -0.39 is 0 Å². The van der Waals surface area contributed by atoms with Gasteiger partial charge in [0.25, 0.3) is 0 Å². The van der Waals surface area contributed by atoms with Crippen LogP contribution in [0.4, 0.5) is 0 Å². The molecule has 0 bridgehead atoms. The zero-order chi connectivity index (χ0) is 39.1. The molecule has 0 saturated carbocycles. The first-order valence-electron chi connectivity index (χ1n) is 19.4. The lowest BCUT2D eigenvalue weighted by atomic mass is 9.94. The third-order valence-corrected chi connectivity index (χ3v) is 11.8. The van der Waals surface area contributed by atoms with Gasteiger partial charge in [0, 0.05) is 39.4 Å². The number of pyridine rings is 1. The number of benzene rings is 7. The van der Waals surface area contributed by atoms with Crippen LogP contribution in [-0.4, -0.2) is 29.9 Å². The summed E-state index contributed by atoms with van der Waals surface area (Å²) < 4.78 is 1.02. The highest BCUT2D eigenvalue weighted by atomic mass is 32.1. The molecule has 4 aromatic heterocycles. The first kappa shape index (κ1) is 34.5. The quantitative estimate of drug-likeness (QED) is 0.161. The lowest BCUT2D eigenvalue weighted by Gasteiger charge is -2.13. The molecule has 11 aromatic rings. The van der Waals surface area contributed by atoms with Crippen molar-refractivity contribution in [2.75, 3.05) is 0 Å². The summed E-state index contributed by atoms with van der Waals surface area (Å²) in [4.78, 5) is 31.0. The third-order valence-electron chi connectivity index (χ3n) is 10.7. The van der Waals surface area contributed by atoms with Crippen LogP contribution in [0.25, 0.3) is 110 Å². The molecule has 0 unspecified atom stereocenters. The molecular weight excluding hydrogens is 741 g/mol. The zero-order valence-electron chi connectivity index (χ0n) is 31.6. The number of aromatic nitrogens is 6. The molecule has 0 aliphatic heterocycles. The highest BCUT2D eigenvalue weighted by molar-refractivity contribution is 7.25. The monoisotopic (exact) mass is 772 g/mol. The fraction of sp³-hybridized carbons (Fsp3) is 0. The van der Waals surface area contributed by atoms with Crippen molar-refractivity contribution in [3.05, 3.63) is 194 Å². The summed E-state index contributed by atoms with van der Waals surface area (Å²) in [5.41, 5.74) is 11.2. The standard InChI is InChI=1S/C52H32N6S/c1-4-13-33(14-5-1)34-24-30-39(31-25-34)48-54-45(47-46(55-48)44-23-12-32-53-52(44)59-47)36-28-26-35(27-29-36)40-19-10-21-42-41(40)20-11-22-43(42)51-57-49(37-15-6-2-7-16-37)56-50(58-51)38-17-8-3-9-18-38/h1-32H. The minimum absolute atomic E-state index is 0.631. The highest BCUT2D eigenvalue weighted by Gasteiger charge is 2.19. The maximum absolute atomic E-state index is 5.25. The Morgan fingerprint density at radius 1 is 0.305 bits per heavy atom. The maximum Gasteiger partial charge on any atom is 0.164 e. The first-order valence-corrected chi connectivity index (χ1v) is 20.3. The van der Waals surface area contributed by atoms with Gasteiger partial charge in [-0.15, -0.1) is 11.3 Å². The topological polar surface area (TPSA) is 77.3 Å². The van der Waals surface area contributed by atoms with Gasteiger partial charge in [-0.05, 0) is 45.2 Å². The first-order chi connectivity index (χ1) is 29.2. The average Bonchev–Trinajstić information content (AvgIpc) is 3.70. The van der Waals surface area contributed by atoms with Crippen molar-refractivity contribution in [3.8, 4) is 79.1 Å². The summed E-state index contributed by atoms with van der Waals surface area (Å²) in [5.74, 6) is 2.59. The van der Waals surface area contributed by atoms with Crippen molar-refractivity contribution in [1.29, 1.82) is 0 Å². The van der Waals surface area contributed by atoms with Gasteiger partial charge in [0.1, 0.15) is 4.83 Å². The summed E-state index contributed by atoms with van der Waals surface area (Å²) in [6, 6.07) is 64.7. The van der Waals surface area contributed by atoms with E-state index in [0.717, 1.165) is 81.4 Å². The van der Waals surface area contributed by atoms with Gasteiger partial charge in [0.2, 0.25) is 0 Å². The van der Waals surface area contributed by atoms with Crippen molar-refractivity contribution >= 4 is 42.5 Å². The Labute approximate surface area is 344 Å². The zero-order valence-corrected chi connectivity index (χ0v) is 32.4. The minimum Gasteiger partial charge on any atom is -0.245 e. The third kappa shape index (κ3) is 6.40. The van der Waals surface area contributed by atoms with E-state index >= 15 is 0 Å². The summed E-state index contributed by atoms with van der Waals surface area (Å²) in [6.45, 7) is 0. The van der Waals surface area contributed by atoms with E-state index in [9.17, 15) is 0 Å². The summed E-state index contributed by atoms with van der Waals surface area (Å²) in [7, 11) is 0. The van der Waals surface area contributed by atoms with Gasteiger partial charge < -0.3 is 0 Å². The van der Waals surface area contributed by atoms with Crippen molar-refractivity contribution in [1.82, 2.24) is 29.9 Å². The van der Waals surface area contributed by atoms with Crippen LogP contribution in [0.1, 0.15) is 0 Å². The second-order valence-corrected chi connectivity index (χ2v) is 15.3. The summed E-state index contributed by atoms with van der Waals surface area (Å²) in [6.07, 6.45) is 1.84. The van der Waals surface area contributed by atoms with Crippen LogP contribution >= 0.6 is 11.3 Å². The lowest BCUT2D eigenvalue weighted by molar-refractivity contribution is 1.08. The largest absolute Gasteiger partial charge is 0.245 e. The lowest BCUT2D eigenvalue weighted by Crippen LogP contribution is -2.00. The molecule has 0 spiro atoms. The Kier molecular flexibility index (Phi) is 8.56. The smallest absolute Gasteiger partial charge is 0.164 e. The van der Waals surface area contributed by atoms with E-state index in [2.05, 4.69) is 115 Å². The van der Waals surface area contributed by atoms with Crippen molar-refractivity contribution in [3.63, 3.8) is 0 Å². The minimum atomic E-state index is 0.631. The molecule has 7 heteroatoms. The highest BCUT2D eigenvalue weighted by Crippen LogP contribution is 2.40. The predicted octanol–water partition coefficient (Wildman–Crippen LogP) is 13.2. The van der Waals surface area contributed by atoms with Gasteiger partial charge in [-0.3, -0.25) is 0 Å². The number of hydrogen-bond donors (Lipinski definition) is 0. The number of fused-ring (bicyclic) bond motifs is 4. The molecule has 7 aromatic carbocycles. The molecule has 4 heterocycles. The van der Waals surface area contributed by atoms with Crippen LogP contribution in [0.3, 0.4) is 0 Å². The van der Waals surface area contributed by atoms with Gasteiger partial charge in [0.15, 0.2) is 23.3 Å². The van der Waals surface area contributed by atoms with Crippen molar-refractivity contribution < 1.29 is 0 Å². The van der Waals surface area contributed by atoms with Crippen LogP contribution < -0.4 is 0 Å². The normalized spacial score (nSPS) is 11.4. The molecule has 276 valence electrons. The summed E-state index contributed by atoms with van der Waals surface area (Å²) >= 11 is 1.64. The number of hydrogen-bond acceptors (Lipinski definition) is 7. The molecular formula is C52H32N6S. The molecule has 0 fully saturated rings. The van der Waals surface area contributed by atoms with E-state index in [1.165, 1.54) is 5.56 Å². The fourth-order valence-corrected chi connectivity index (χ4v) is 8.83. The second kappa shape index (κ2) is 14.6. The number of rotatable bonds is 7. The van der Waals surface area contributed by atoms with Gasteiger partial charge in [-0.2, -0.15) is 0 Å². The molecule has 6 nitrogen and oxygen atoms in total. The molecule has 0 aliphatic carbocycles. The fourth-order valence-electron chi connectivity index (χ4n) is 7.74. The molecule has 11 rings (SSSR count). The van der Waals surface area contributed by atoms with Crippen LogP contribution in [0.15, 0.2) is 194 Å². The van der Waals surface area contributed by atoms with Crippen LogP contribution in [0, 0.1) is 0 Å². The van der Waals surface area contributed by atoms with E-state index in [1.807, 2.05) is 79.0 Å². The SMILES string of the molecule is c1ccc(-c2ccc(-c3nc(-c4ccc(-c5cccc6c(-c7nc(-c8ccccc8)nc(-c8ccccc8)n7)cccc56)cc4)c4sc5ncccc5c4n3)cc2)cc1. The molecule has 0 amide bonds. The van der Waals surface area contributed by atoms with Crippen LogP contribution in [-0.2, 0) is 0 Å². The molecule has 0 radical (unpaired) electrons. The second-order valence-electron chi connectivity index (χ2n) is 14.3. The van der Waals surface area contributed by atoms with Crippen LogP contribution in [0.5, 0.6) is 0 Å². The Balaban J connectivity index is 1.00. The summed E-state index contributed by atoms with van der Waals surface area (Å²) in [5, 5.41) is 3.21. The molecule has 0 N–H and O–H groups in total. The predicted molar refractivity (Wildman–Crippen MR) is 242 cm³/mol. The van der Waals surface area contributed by atoms with Gasteiger partial charge in [0.05, 0.1) is 15.9 Å². The van der Waals surface area contributed by atoms with Gasteiger partial charge in [-0.1, -0.05) is 176 Å². The average molecular weight is 773 g/mol. The number of nitrogens with zero attached hydrogens (tertiary/aromatic N) is 6. The molecule has 0 aliphatic rings.